The van der Waals surface area contributed by atoms with Crippen LogP contribution in [-0.2, 0) is 30.0 Å². The molecule has 0 radical (unpaired) electrons. The minimum Gasteiger partial charge on any atom is -0.550 e. The number of carboxylic acids is 2. The van der Waals surface area contributed by atoms with Gasteiger partial charge in [0.05, 0.1) is 5.97 Å². The van der Waals surface area contributed by atoms with E-state index >= 15 is 0 Å². The van der Waals surface area contributed by atoms with Gasteiger partial charge in [-0.3, -0.25) is 0 Å². The Bertz CT molecular complexity index is 149. The second-order valence-corrected chi connectivity index (χ2v) is 1.84. The standard InChI is InChI=1S/C5H9NO4.Pd/c6-3(5(9)10)1-2-4(7)8;/h3H,1-2,6H2,(H,7,8)(H,9,10);/q;+2/p-2/t3-;/m0./s1. The van der Waals surface area contributed by atoms with E-state index in [4.69, 9.17) is 5.73 Å². The molecule has 0 unspecified atom stereocenters. The van der Waals surface area contributed by atoms with Crippen LogP contribution in [0, 0.1) is 0 Å². The van der Waals surface area contributed by atoms with Crippen molar-refractivity contribution in [3.8, 4) is 0 Å². The fourth-order valence-corrected chi connectivity index (χ4v) is 0.391. The van der Waals surface area contributed by atoms with Gasteiger partial charge in [-0.05, 0) is 12.8 Å². The molecular formula is C5H7NO4Pd. The summed E-state index contributed by atoms with van der Waals surface area (Å²) < 4.78 is 0. The maximum atomic E-state index is 9.86. The Morgan fingerprint density at radius 2 is 1.82 bits per heavy atom. The van der Waals surface area contributed by atoms with Gasteiger partial charge in [-0.1, -0.05) is 0 Å². The third-order valence-corrected chi connectivity index (χ3v) is 0.962. The van der Waals surface area contributed by atoms with Crippen LogP contribution in [0.2, 0.25) is 0 Å². The fourth-order valence-electron chi connectivity index (χ4n) is 0.391. The van der Waals surface area contributed by atoms with E-state index < -0.39 is 18.0 Å². The molecule has 0 aliphatic heterocycles. The van der Waals surface area contributed by atoms with Crippen LogP contribution in [0.1, 0.15) is 12.8 Å². The molecule has 0 spiro atoms. The Kier molecular flexibility index (Phi) is 7.53. The van der Waals surface area contributed by atoms with Gasteiger partial charge in [0.15, 0.2) is 0 Å². The maximum Gasteiger partial charge on any atom is 2.00 e. The zero-order valence-electron chi connectivity index (χ0n) is 5.52. The molecule has 0 bridgehead atoms. The van der Waals surface area contributed by atoms with Gasteiger partial charge in [0, 0.05) is 12.0 Å². The topological polar surface area (TPSA) is 106 Å². The quantitative estimate of drug-likeness (QED) is 0.524. The van der Waals surface area contributed by atoms with Gasteiger partial charge in [-0.25, -0.2) is 0 Å². The van der Waals surface area contributed by atoms with Gasteiger partial charge in [0.1, 0.15) is 0 Å². The molecule has 0 saturated heterocycles. The minimum absolute atomic E-state index is 0. The van der Waals surface area contributed by atoms with Crippen molar-refractivity contribution in [1.82, 2.24) is 0 Å². The Labute approximate surface area is 77.2 Å². The van der Waals surface area contributed by atoms with Crippen molar-refractivity contribution < 1.29 is 40.2 Å². The molecule has 0 aromatic rings. The zero-order valence-corrected chi connectivity index (χ0v) is 7.07. The summed E-state index contributed by atoms with van der Waals surface area (Å²) in [5.41, 5.74) is 4.91. The fraction of sp³-hybridized carbons (Fsp3) is 0.600. The van der Waals surface area contributed by atoms with Gasteiger partial charge >= 0.3 is 20.4 Å². The number of rotatable bonds is 4. The molecule has 0 amide bonds. The summed E-state index contributed by atoms with van der Waals surface area (Å²) in [5.74, 6) is -2.75. The Morgan fingerprint density at radius 3 is 2.09 bits per heavy atom. The summed E-state index contributed by atoms with van der Waals surface area (Å²) in [6.45, 7) is 0. The third-order valence-electron chi connectivity index (χ3n) is 0.962. The van der Waals surface area contributed by atoms with Crippen LogP contribution in [0.4, 0.5) is 0 Å². The van der Waals surface area contributed by atoms with E-state index in [1.807, 2.05) is 0 Å². The molecule has 5 nitrogen and oxygen atoms in total. The number of nitrogens with two attached hydrogens (primary N) is 1. The third kappa shape index (κ3) is 7.46. The first kappa shape index (κ1) is 13.2. The second-order valence-electron chi connectivity index (χ2n) is 1.84. The number of carbonyl (C=O) groups excluding carboxylic acids is 2. The van der Waals surface area contributed by atoms with E-state index in [9.17, 15) is 19.8 Å². The summed E-state index contributed by atoms with van der Waals surface area (Å²) in [5, 5.41) is 19.6. The van der Waals surface area contributed by atoms with Crippen LogP contribution in [0.15, 0.2) is 0 Å². The van der Waals surface area contributed by atoms with Crippen molar-refractivity contribution in [3.05, 3.63) is 0 Å². The average Bonchev–Trinajstić information content (AvgIpc) is 1.82. The van der Waals surface area contributed by atoms with E-state index in [1.54, 1.807) is 0 Å². The van der Waals surface area contributed by atoms with Crippen molar-refractivity contribution >= 4 is 11.9 Å². The first-order chi connectivity index (χ1) is 4.54. The number of carbonyl (C=O) groups is 2. The molecule has 0 aromatic carbocycles. The molecule has 1 atom stereocenters. The van der Waals surface area contributed by atoms with E-state index in [0.29, 0.717) is 0 Å². The second kappa shape index (κ2) is 6.28. The Balaban J connectivity index is 0. The number of carboxylic acid groups (broad SMARTS) is 2. The molecule has 0 saturated carbocycles. The molecule has 0 fully saturated rings. The van der Waals surface area contributed by atoms with Crippen LogP contribution >= 0.6 is 0 Å². The normalized spacial score (nSPS) is 11.4. The number of hydrogen-bond donors (Lipinski definition) is 1. The van der Waals surface area contributed by atoms with Gasteiger partial charge in [0.2, 0.25) is 0 Å². The zero-order chi connectivity index (χ0) is 8.15. The largest absolute Gasteiger partial charge is 2.00 e. The summed E-state index contributed by atoms with van der Waals surface area (Å²) in [7, 11) is 0. The van der Waals surface area contributed by atoms with E-state index in [-0.39, 0.29) is 33.3 Å². The van der Waals surface area contributed by atoms with E-state index in [1.165, 1.54) is 0 Å². The Morgan fingerprint density at radius 1 is 1.36 bits per heavy atom. The van der Waals surface area contributed by atoms with Crippen LogP contribution in [0.3, 0.4) is 0 Å². The SMILES string of the molecule is N[C@@H](CCC(=O)[O-])C(=O)[O-].[Pd+2]. The summed E-state index contributed by atoms with van der Waals surface area (Å²) >= 11 is 0. The predicted molar refractivity (Wildman–Crippen MR) is 27.2 cm³/mol. The summed E-state index contributed by atoms with van der Waals surface area (Å²) in [4.78, 5) is 19.6. The molecule has 0 aliphatic rings. The Hall–Kier alpha value is -0.438. The van der Waals surface area contributed by atoms with Gasteiger partial charge in [-0.2, -0.15) is 0 Å². The van der Waals surface area contributed by atoms with Crippen molar-refractivity contribution in [1.29, 1.82) is 0 Å². The monoisotopic (exact) mass is 251 g/mol. The number of aliphatic carboxylic acids is 2. The molecule has 0 heterocycles. The van der Waals surface area contributed by atoms with Crippen molar-refractivity contribution in [2.75, 3.05) is 0 Å². The number of hydrogen-bond acceptors (Lipinski definition) is 5. The first-order valence-electron chi connectivity index (χ1n) is 2.70. The average molecular weight is 252 g/mol. The molecule has 0 rings (SSSR count). The smallest absolute Gasteiger partial charge is 0.550 e. The van der Waals surface area contributed by atoms with E-state index in [0.717, 1.165) is 0 Å². The molecule has 2 N–H and O–H groups in total. The van der Waals surface area contributed by atoms with Gasteiger partial charge < -0.3 is 25.5 Å². The minimum atomic E-state index is -1.44. The van der Waals surface area contributed by atoms with E-state index in [2.05, 4.69) is 0 Å². The van der Waals surface area contributed by atoms with Crippen molar-refractivity contribution in [2.45, 2.75) is 18.9 Å². The molecule has 0 aromatic heterocycles. The van der Waals surface area contributed by atoms with Crippen LogP contribution in [0.25, 0.3) is 0 Å². The van der Waals surface area contributed by atoms with Crippen molar-refractivity contribution in [2.24, 2.45) is 5.73 Å². The van der Waals surface area contributed by atoms with Crippen LogP contribution < -0.4 is 15.9 Å². The molecular weight excluding hydrogens is 244 g/mol. The van der Waals surface area contributed by atoms with Gasteiger partial charge in [0.25, 0.3) is 0 Å². The molecule has 11 heavy (non-hydrogen) atoms. The van der Waals surface area contributed by atoms with Crippen LogP contribution in [-0.4, -0.2) is 18.0 Å². The molecule has 66 valence electrons. The van der Waals surface area contributed by atoms with Crippen molar-refractivity contribution in [3.63, 3.8) is 0 Å². The maximum absolute atomic E-state index is 9.86. The molecule has 0 aliphatic carbocycles. The first-order valence-corrected chi connectivity index (χ1v) is 2.70. The predicted octanol–water partition coefficient (Wildman–Crippen LogP) is -3.41. The van der Waals surface area contributed by atoms with Gasteiger partial charge in [-0.15, -0.1) is 0 Å². The summed E-state index contributed by atoms with van der Waals surface area (Å²) in [6.07, 6.45) is -0.500. The van der Waals surface area contributed by atoms with Crippen LogP contribution in [0.5, 0.6) is 0 Å². The summed E-state index contributed by atoms with van der Waals surface area (Å²) in [6, 6.07) is -1.21. The molecule has 6 heteroatoms.